The van der Waals surface area contributed by atoms with Crippen LogP contribution in [0.3, 0.4) is 0 Å². The fourth-order valence-corrected chi connectivity index (χ4v) is 4.39. The van der Waals surface area contributed by atoms with Crippen molar-refractivity contribution in [2.24, 2.45) is 4.99 Å². The zero-order chi connectivity index (χ0) is 26.3. The van der Waals surface area contributed by atoms with E-state index in [9.17, 15) is 9.50 Å². The highest BCUT2D eigenvalue weighted by Gasteiger charge is 2.24. The van der Waals surface area contributed by atoms with Crippen molar-refractivity contribution in [3.8, 4) is 17.2 Å². The number of aliphatic imine (C=N–C) groups is 1. The van der Waals surface area contributed by atoms with Crippen LogP contribution in [0.2, 0.25) is 0 Å². The van der Waals surface area contributed by atoms with Gasteiger partial charge in [0.05, 0.1) is 0 Å². The first-order valence-electron chi connectivity index (χ1n) is 11.2. The summed E-state index contributed by atoms with van der Waals surface area (Å²) < 4.78 is 20.6. The highest BCUT2D eigenvalue weighted by molar-refractivity contribution is 7.30. The highest BCUT2D eigenvalue weighted by atomic mass is 31.0. The summed E-state index contributed by atoms with van der Waals surface area (Å²) in [7, 11) is 16.7. The van der Waals surface area contributed by atoms with Crippen LogP contribution in [0.1, 0.15) is 58.2 Å². The summed E-state index contributed by atoms with van der Waals surface area (Å²) in [5, 5.41) is 11.4. The number of ether oxygens (including phenoxy) is 1. The van der Waals surface area contributed by atoms with Crippen LogP contribution in [0.15, 0.2) is 41.4 Å². The molecule has 0 aliphatic carbocycles. The Bertz CT molecular complexity index is 1280. The average Bonchev–Trinajstić information content (AvgIpc) is 2.77. The Morgan fingerprint density at radius 1 is 0.943 bits per heavy atom. The SMILES string of the molecule is [B]c1c([B])c(Oc2ccccc2N=Cc2cc(C(C)(C)C)cc(C(C)(C)C)c2O)c(P)c(F)c1P. The Kier molecular flexibility index (Phi) is 7.90. The van der Waals surface area contributed by atoms with Crippen molar-refractivity contribution in [3.05, 3.63) is 58.9 Å². The van der Waals surface area contributed by atoms with Gasteiger partial charge in [-0.3, -0.25) is 4.99 Å². The first-order chi connectivity index (χ1) is 16.1. The number of rotatable bonds is 4. The maximum Gasteiger partial charge on any atom is 0.153 e. The van der Waals surface area contributed by atoms with Gasteiger partial charge in [0, 0.05) is 22.6 Å². The lowest BCUT2D eigenvalue weighted by Gasteiger charge is -2.27. The maximum absolute atomic E-state index is 14.6. The molecule has 3 aromatic carbocycles. The Morgan fingerprint density at radius 3 is 2.17 bits per heavy atom. The van der Waals surface area contributed by atoms with E-state index in [1.165, 1.54) is 0 Å². The molecule has 0 aromatic heterocycles. The van der Waals surface area contributed by atoms with E-state index < -0.39 is 5.82 Å². The molecule has 0 spiro atoms. The summed E-state index contributed by atoms with van der Waals surface area (Å²) in [4.78, 5) is 4.61. The number of hydrogen-bond donors (Lipinski definition) is 1. The number of phenols is 1. The second kappa shape index (κ2) is 10.1. The molecule has 0 amide bonds. The largest absolute Gasteiger partial charge is 0.507 e. The Hall–Kier alpha value is -2.15. The summed E-state index contributed by atoms with van der Waals surface area (Å²) in [6.45, 7) is 12.6. The molecule has 2 unspecified atom stereocenters. The Balaban J connectivity index is 2.09. The van der Waals surface area contributed by atoms with E-state index in [0.29, 0.717) is 17.0 Å². The third-order valence-corrected chi connectivity index (χ3v) is 6.86. The van der Waals surface area contributed by atoms with Gasteiger partial charge in [-0.25, -0.2) is 4.39 Å². The number of nitrogens with zero attached hydrogens (tertiary/aromatic N) is 1. The third kappa shape index (κ3) is 5.82. The van der Waals surface area contributed by atoms with Gasteiger partial charge in [0.1, 0.15) is 38.7 Å². The molecule has 0 bridgehead atoms. The van der Waals surface area contributed by atoms with Gasteiger partial charge < -0.3 is 9.84 Å². The lowest BCUT2D eigenvalue weighted by molar-refractivity contribution is 0.444. The standard InChI is InChI=1S/C27H30B2FNO2P2/c1-26(2,3)15-11-14(22(32)16(12-15)27(4,5)6)13-31-17-9-7-8-10-18(17)33-23-19(28)20(29)24(34)21(30)25(23)35/h7-13,32H,34-35H2,1-6H3. The monoisotopic (exact) mass is 503 g/mol. The first kappa shape index (κ1) is 27.4. The zero-order valence-electron chi connectivity index (χ0n) is 21.0. The van der Waals surface area contributed by atoms with Crippen LogP contribution < -0.4 is 26.3 Å². The predicted octanol–water partition coefficient (Wildman–Crippen LogP) is 4.26. The van der Waals surface area contributed by atoms with Crippen LogP contribution >= 0.6 is 18.5 Å². The molecule has 0 fully saturated rings. The second-order valence-corrected chi connectivity index (χ2v) is 11.7. The molecule has 1 N–H and O–H groups in total. The molecule has 0 aliphatic rings. The van der Waals surface area contributed by atoms with Gasteiger partial charge in [-0.2, -0.15) is 0 Å². The minimum atomic E-state index is -0.527. The van der Waals surface area contributed by atoms with E-state index in [1.54, 1.807) is 24.4 Å². The molecule has 3 aromatic rings. The van der Waals surface area contributed by atoms with Crippen molar-refractivity contribution in [1.29, 1.82) is 0 Å². The summed E-state index contributed by atoms with van der Waals surface area (Å²) in [5.41, 5.74) is 2.91. The lowest BCUT2D eigenvalue weighted by Crippen LogP contribution is -2.41. The van der Waals surface area contributed by atoms with Gasteiger partial charge in [-0.1, -0.05) is 79.9 Å². The van der Waals surface area contributed by atoms with Crippen molar-refractivity contribution in [3.63, 3.8) is 0 Å². The summed E-state index contributed by atoms with van der Waals surface area (Å²) >= 11 is 0. The molecule has 3 rings (SSSR count). The quantitative estimate of drug-likeness (QED) is 0.329. The Morgan fingerprint density at radius 2 is 1.57 bits per heavy atom. The highest BCUT2D eigenvalue weighted by Crippen LogP contribution is 2.38. The summed E-state index contributed by atoms with van der Waals surface area (Å²) in [6.07, 6.45) is 1.62. The van der Waals surface area contributed by atoms with E-state index >= 15 is 0 Å². The van der Waals surface area contributed by atoms with E-state index in [-0.39, 0.29) is 43.9 Å². The molecule has 0 heterocycles. The molecule has 3 nitrogen and oxygen atoms in total. The number of para-hydroxylation sites is 2. The fourth-order valence-electron chi connectivity index (χ4n) is 3.54. The predicted molar refractivity (Wildman–Crippen MR) is 155 cm³/mol. The van der Waals surface area contributed by atoms with E-state index in [2.05, 4.69) is 71.1 Å². The Labute approximate surface area is 215 Å². The van der Waals surface area contributed by atoms with Gasteiger partial charge in [0.2, 0.25) is 0 Å². The molecule has 35 heavy (non-hydrogen) atoms. The average molecular weight is 503 g/mol. The molecular weight excluding hydrogens is 473 g/mol. The van der Waals surface area contributed by atoms with Crippen molar-refractivity contribution in [2.45, 2.75) is 52.4 Å². The molecule has 8 heteroatoms. The smallest absolute Gasteiger partial charge is 0.153 e. The maximum atomic E-state index is 14.6. The van der Waals surface area contributed by atoms with Crippen molar-refractivity contribution < 1.29 is 14.2 Å². The topological polar surface area (TPSA) is 41.8 Å². The van der Waals surface area contributed by atoms with Crippen molar-refractivity contribution in [1.82, 2.24) is 0 Å². The second-order valence-electron chi connectivity index (χ2n) is 10.6. The van der Waals surface area contributed by atoms with E-state index in [0.717, 1.165) is 11.1 Å². The molecule has 0 saturated carbocycles. The van der Waals surface area contributed by atoms with Crippen LogP contribution in [-0.4, -0.2) is 27.0 Å². The molecule has 4 radical (unpaired) electrons. The first-order valence-corrected chi connectivity index (χ1v) is 12.4. The van der Waals surface area contributed by atoms with E-state index in [1.807, 2.05) is 12.1 Å². The molecule has 0 aliphatic heterocycles. The minimum absolute atomic E-state index is 0.105. The zero-order valence-corrected chi connectivity index (χ0v) is 23.3. The van der Waals surface area contributed by atoms with Gasteiger partial charge in [0.25, 0.3) is 0 Å². The van der Waals surface area contributed by atoms with E-state index in [4.69, 9.17) is 20.4 Å². The lowest BCUT2D eigenvalue weighted by atomic mass is 9.79. The third-order valence-electron chi connectivity index (χ3n) is 5.78. The van der Waals surface area contributed by atoms with Crippen LogP contribution in [0.25, 0.3) is 0 Å². The summed E-state index contributed by atoms with van der Waals surface area (Å²) in [5.74, 6) is 0.153. The molecular formula is C27H30B2FNO2P2. The van der Waals surface area contributed by atoms with Crippen LogP contribution in [0.5, 0.6) is 17.2 Å². The fraction of sp³-hybridized carbons (Fsp3) is 0.296. The molecule has 0 saturated heterocycles. The van der Waals surface area contributed by atoms with Crippen molar-refractivity contribution >= 4 is 67.6 Å². The van der Waals surface area contributed by atoms with Crippen LogP contribution in [-0.2, 0) is 10.8 Å². The number of benzene rings is 3. The van der Waals surface area contributed by atoms with Gasteiger partial charge >= 0.3 is 0 Å². The number of aromatic hydroxyl groups is 1. The molecule has 2 atom stereocenters. The van der Waals surface area contributed by atoms with Crippen LogP contribution in [0, 0.1) is 5.82 Å². The number of hydrogen-bond acceptors (Lipinski definition) is 3. The summed E-state index contributed by atoms with van der Waals surface area (Å²) in [6, 6.07) is 11.1. The van der Waals surface area contributed by atoms with Crippen LogP contribution in [0.4, 0.5) is 10.1 Å². The molecule has 178 valence electrons. The van der Waals surface area contributed by atoms with Crippen molar-refractivity contribution in [2.75, 3.05) is 0 Å². The number of halogens is 1. The van der Waals surface area contributed by atoms with Gasteiger partial charge in [-0.05, 0) is 39.9 Å². The minimum Gasteiger partial charge on any atom is -0.507 e. The van der Waals surface area contributed by atoms with Gasteiger partial charge in [-0.15, -0.1) is 9.24 Å². The number of phenolic OH excluding ortho intramolecular Hbond substituents is 1. The normalized spacial score (nSPS) is 12.4. The van der Waals surface area contributed by atoms with Gasteiger partial charge in [0.15, 0.2) is 5.75 Å².